The van der Waals surface area contributed by atoms with E-state index in [1.807, 2.05) is 13.0 Å². The summed E-state index contributed by atoms with van der Waals surface area (Å²) in [5.41, 5.74) is 0.893. The second-order valence-electron chi connectivity index (χ2n) is 5.26. The van der Waals surface area contributed by atoms with Gasteiger partial charge in [0.25, 0.3) is 0 Å². The van der Waals surface area contributed by atoms with Crippen molar-refractivity contribution in [2.24, 2.45) is 0 Å². The zero-order valence-corrected chi connectivity index (χ0v) is 12.3. The molecule has 1 heterocycles. The molecule has 0 aromatic heterocycles. The van der Waals surface area contributed by atoms with Crippen LogP contribution in [-0.2, 0) is 4.74 Å². The van der Waals surface area contributed by atoms with E-state index in [1.165, 1.54) is 6.07 Å². The molecule has 0 saturated carbocycles. The monoisotopic (exact) mass is 281 g/mol. The molecular weight excluding hydrogens is 257 g/mol. The zero-order chi connectivity index (χ0) is 14.4. The molecule has 1 atom stereocenters. The Hall–Kier alpha value is -1.13. The topological polar surface area (TPSA) is 30.5 Å². The van der Waals surface area contributed by atoms with Crippen molar-refractivity contribution in [1.29, 1.82) is 0 Å². The molecule has 1 aliphatic rings. The number of halogens is 1. The van der Waals surface area contributed by atoms with Crippen molar-refractivity contribution in [3.05, 3.63) is 29.6 Å². The lowest BCUT2D eigenvalue weighted by atomic mass is 10.1. The summed E-state index contributed by atoms with van der Waals surface area (Å²) >= 11 is 0. The van der Waals surface area contributed by atoms with Gasteiger partial charge >= 0.3 is 0 Å². The molecule has 1 unspecified atom stereocenters. The van der Waals surface area contributed by atoms with Gasteiger partial charge < -0.3 is 14.8 Å². The van der Waals surface area contributed by atoms with Gasteiger partial charge in [0.05, 0.1) is 13.2 Å². The van der Waals surface area contributed by atoms with Gasteiger partial charge in [-0.15, -0.1) is 0 Å². The molecule has 1 aromatic rings. The van der Waals surface area contributed by atoms with Crippen molar-refractivity contribution in [3.8, 4) is 5.75 Å². The summed E-state index contributed by atoms with van der Waals surface area (Å²) in [6, 6.07) is 5.22. The fraction of sp³-hybridized carbons (Fsp3) is 0.625. The second kappa shape index (κ2) is 7.60. The molecule has 1 aromatic carbocycles. The number of hydrogen-bond donors (Lipinski definition) is 1. The van der Waals surface area contributed by atoms with Crippen LogP contribution in [0.4, 0.5) is 4.39 Å². The molecule has 4 heteroatoms. The number of hydrogen-bond acceptors (Lipinski definition) is 3. The Bertz CT molecular complexity index is 419. The molecule has 0 bridgehead atoms. The third-order valence-electron chi connectivity index (χ3n) is 3.62. The number of rotatable bonds is 6. The maximum absolute atomic E-state index is 14.1. The first-order chi connectivity index (χ1) is 9.72. The third-order valence-corrected chi connectivity index (χ3v) is 3.62. The highest BCUT2D eigenvalue weighted by Crippen LogP contribution is 2.30. The van der Waals surface area contributed by atoms with Gasteiger partial charge in [-0.05, 0) is 26.0 Å². The van der Waals surface area contributed by atoms with Gasteiger partial charge in [-0.25, -0.2) is 4.39 Å². The number of ether oxygens (including phenoxy) is 2. The molecule has 0 aliphatic carbocycles. The quantitative estimate of drug-likeness (QED) is 0.866. The standard InChI is InChI=1S/C16H24FNO2/c1-3-9-18-12(2)14-5-4-6-15(17)16(14)20-13-7-10-19-11-8-13/h4-6,12-13,18H,3,7-11H2,1-2H3. The molecular formula is C16H24FNO2. The van der Waals surface area contributed by atoms with Crippen LogP contribution in [0, 0.1) is 5.82 Å². The lowest BCUT2D eigenvalue weighted by Crippen LogP contribution is -2.27. The van der Waals surface area contributed by atoms with Gasteiger partial charge in [-0.1, -0.05) is 19.1 Å². The Morgan fingerprint density at radius 1 is 1.40 bits per heavy atom. The van der Waals surface area contributed by atoms with Crippen LogP contribution in [0.25, 0.3) is 0 Å². The fourth-order valence-electron chi connectivity index (χ4n) is 2.42. The van der Waals surface area contributed by atoms with E-state index in [0.717, 1.165) is 31.4 Å². The summed E-state index contributed by atoms with van der Waals surface area (Å²) < 4.78 is 25.3. The molecule has 112 valence electrons. The van der Waals surface area contributed by atoms with E-state index in [0.29, 0.717) is 19.0 Å². The summed E-state index contributed by atoms with van der Waals surface area (Å²) in [6.07, 6.45) is 2.75. The SMILES string of the molecule is CCCNC(C)c1cccc(F)c1OC1CCOCC1. The van der Waals surface area contributed by atoms with Crippen LogP contribution in [0.1, 0.15) is 44.7 Å². The lowest BCUT2D eigenvalue weighted by molar-refractivity contribution is 0.0234. The summed E-state index contributed by atoms with van der Waals surface area (Å²) in [4.78, 5) is 0. The van der Waals surface area contributed by atoms with Gasteiger partial charge in [-0.2, -0.15) is 0 Å². The molecule has 1 fully saturated rings. The Morgan fingerprint density at radius 2 is 2.15 bits per heavy atom. The van der Waals surface area contributed by atoms with Crippen molar-refractivity contribution in [2.75, 3.05) is 19.8 Å². The highest BCUT2D eigenvalue weighted by Gasteiger charge is 2.21. The van der Waals surface area contributed by atoms with Crippen molar-refractivity contribution in [3.63, 3.8) is 0 Å². The van der Waals surface area contributed by atoms with Crippen molar-refractivity contribution in [2.45, 2.75) is 45.3 Å². The predicted octanol–water partition coefficient (Wildman–Crippen LogP) is 3.44. The molecule has 3 nitrogen and oxygen atoms in total. The molecule has 20 heavy (non-hydrogen) atoms. The van der Waals surface area contributed by atoms with Gasteiger partial charge in [-0.3, -0.25) is 0 Å². The molecule has 0 spiro atoms. The van der Waals surface area contributed by atoms with Gasteiger partial charge in [0.15, 0.2) is 11.6 Å². The van der Waals surface area contributed by atoms with Gasteiger partial charge in [0, 0.05) is 24.4 Å². The average Bonchev–Trinajstić information content (AvgIpc) is 2.48. The minimum atomic E-state index is -0.279. The van der Waals surface area contributed by atoms with Crippen LogP contribution in [0.3, 0.4) is 0 Å². The van der Waals surface area contributed by atoms with Crippen LogP contribution < -0.4 is 10.1 Å². The minimum Gasteiger partial charge on any atom is -0.487 e. The molecule has 1 saturated heterocycles. The Morgan fingerprint density at radius 3 is 2.85 bits per heavy atom. The highest BCUT2D eigenvalue weighted by atomic mass is 19.1. The Kier molecular flexibility index (Phi) is 5.80. The van der Waals surface area contributed by atoms with E-state index in [4.69, 9.17) is 9.47 Å². The fourth-order valence-corrected chi connectivity index (χ4v) is 2.42. The van der Waals surface area contributed by atoms with Gasteiger partial charge in [0.2, 0.25) is 0 Å². The lowest BCUT2D eigenvalue weighted by Gasteiger charge is -2.26. The largest absolute Gasteiger partial charge is 0.487 e. The van der Waals surface area contributed by atoms with Crippen molar-refractivity contribution >= 4 is 0 Å². The van der Waals surface area contributed by atoms with E-state index in [2.05, 4.69) is 12.2 Å². The molecule has 1 N–H and O–H groups in total. The summed E-state index contributed by atoms with van der Waals surface area (Å²) in [6.45, 7) is 6.45. The summed E-state index contributed by atoms with van der Waals surface area (Å²) in [7, 11) is 0. The number of benzene rings is 1. The molecule has 0 amide bonds. The van der Waals surface area contributed by atoms with E-state index < -0.39 is 0 Å². The normalized spacial score (nSPS) is 17.9. The number of para-hydroxylation sites is 1. The van der Waals surface area contributed by atoms with Crippen LogP contribution >= 0.6 is 0 Å². The van der Waals surface area contributed by atoms with Crippen LogP contribution in [-0.4, -0.2) is 25.9 Å². The maximum atomic E-state index is 14.1. The third kappa shape index (κ3) is 3.93. The molecule has 2 rings (SSSR count). The maximum Gasteiger partial charge on any atom is 0.165 e. The van der Waals surface area contributed by atoms with Crippen molar-refractivity contribution in [1.82, 2.24) is 5.32 Å². The highest BCUT2D eigenvalue weighted by molar-refractivity contribution is 5.37. The first-order valence-electron chi connectivity index (χ1n) is 7.48. The molecule has 0 radical (unpaired) electrons. The smallest absolute Gasteiger partial charge is 0.165 e. The van der Waals surface area contributed by atoms with Crippen LogP contribution in [0.5, 0.6) is 5.75 Å². The zero-order valence-electron chi connectivity index (χ0n) is 12.3. The average molecular weight is 281 g/mol. The predicted molar refractivity (Wildman–Crippen MR) is 77.6 cm³/mol. The number of nitrogens with one attached hydrogen (secondary N) is 1. The summed E-state index contributed by atoms with van der Waals surface area (Å²) in [5, 5.41) is 3.38. The second-order valence-corrected chi connectivity index (χ2v) is 5.26. The minimum absolute atomic E-state index is 0.0535. The van der Waals surface area contributed by atoms with Crippen molar-refractivity contribution < 1.29 is 13.9 Å². The van der Waals surface area contributed by atoms with E-state index in [9.17, 15) is 4.39 Å². The van der Waals surface area contributed by atoms with Crippen LogP contribution in [0.2, 0.25) is 0 Å². The first-order valence-corrected chi connectivity index (χ1v) is 7.48. The summed E-state index contributed by atoms with van der Waals surface area (Å²) in [5.74, 6) is 0.120. The Labute approximate surface area is 120 Å². The Balaban J connectivity index is 2.12. The van der Waals surface area contributed by atoms with E-state index in [-0.39, 0.29) is 18.0 Å². The van der Waals surface area contributed by atoms with Gasteiger partial charge in [0.1, 0.15) is 6.10 Å². The van der Waals surface area contributed by atoms with E-state index in [1.54, 1.807) is 6.07 Å². The van der Waals surface area contributed by atoms with E-state index >= 15 is 0 Å². The first kappa shape index (κ1) is 15.3. The molecule has 1 aliphatic heterocycles. The van der Waals surface area contributed by atoms with Crippen LogP contribution in [0.15, 0.2) is 18.2 Å².